The van der Waals surface area contributed by atoms with Gasteiger partial charge in [-0.05, 0) is 51.8 Å². The first-order valence-corrected chi connectivity index (χ1v) is 7.31. The van der Waals surface area contributed by atoms with E-state index in [-0.39, 0.29) is 26.1 Å². The Morgan fingerprint density at radius 2 is 1.39 bits per heavy atom. The molecule has 2 aromatic carbocycles. The molecule has 123 valence electrons. The molecule has 23 heavy (non-hydrogen) atoms. The van der Waals surface area contributed by atoms with Gasteiger partial charge in [0.2, 0.25) is 0 Å². The van der Waals surface area contributed by atoms with Gasteiger partial charge in [-0.25, -0.2) is 0 Å². The molecular formula is C14H4BrCl2F6. The molecule has 0 fully saturated rings. The van der Waals surface area contributed by atoms with Crippen LogP contribution in [0.15, 0.2) is 28.7 Å². The molecule has 0 heterocycles. The molecule has 0 N–H and O–H groups in total. The van der Waals surface area contributed by atoms with Crippen molar-refractivity contribution in [1.29, 1.82) is 0 Å². The average molecular weight is 437 g/mol. The highest BCUT2D eigenvalue weighted by Crippen LogP contribution is 2.43. The number of alkyl halides is 6. The Kier molecular flexibility index (Phi) is 4.95. The quantitative estimate of drug-likeness (QED) is 0.326. The third kappa shape index (κ3) is 3.95. The van der Waals surface area contributed by atoms with E-state index in [0.717, 1.165) is 12.1 Å². The third-order valence-electron chi connectivity index (χ3n) is 2.85. The first-order chi connectivity index (χ1) is 10.4. The van der Waals surface area contributed by atoms with Gasteiger partial charge in [-0.3, -0.25) is 0 Å². The maximum atomic E-state index is 13.1. The van der Waals surface area contributed by atoms with Gasteiger partial charge in [0.1, 0.15) is 0 Å². The molecule has 2 aromatic rings. The van der Waals surface area contributed by atoms with Crippen LogP contribution in [0.3, 0.4) is 0 Å². The summed E-state index contributed by atoms with van der Waals surface area (Å²) in [6.07, 6.45) is -9.91. The predicted octanol–water partition coefficient (Wildman–Crippen LogP) is 7.26. The second-order valence-corrected chi connectivity index (χ2v) is 6.03. The zero-order valence-corrected chi connectivity index (χ0v) is 13.8. The summed E-state index contributed by atoms with van der Waals surface area (Å²) in [5, 5.41) is 0.0443. The Morgan fingerprint density at radius 1 is 0.870 bits per heavy atom. The Labute approximate surface area is 145 Å². The van der Waals surface area contributed by atoms with Gasteiger partial charge in [-0.2, -0.15) is 26.3 Å². The number of rotatable bonds is 1. The van der Waals surface area contributed by atoms with E-state index in [2.05, 4.69) is 15.9 Å². The van der Waals surface area contributed by atoms with Crippen molar-refractivity contribution in [3.8, 4) is 11.1 Å². The first kappa shape index (κ1) is 18.4. The number of halogens is 9. The van der Waals surface area contributed by atoms with Gasteiger partial charge in [-0.15, -0.1) is 0 Å². The first-order valence-electron chi connectivity index (χ1n) is 5.76. The molecule has 0 aliphatic rings. The summed E-state index contributed by atoms with van der Waals surface area (Å²) in [6.45, 7) is 0. The van der Waals surface area contributed by atoms with Crippen molar-refractivity contribution in [2.24, 2.45) is 0 Å². The van der Waals surface area contributed by atoms with Gasteiger partial charge in [0.25, 0.3) is 0 Å². The largest absolute Gasteiger partial charge is 0.417 e. The lowest BCUT2D eigenvalue weighted by Crippen LogP contribution is -2.12. The Balaban J connectivity index is 2.72. The lowest BCUT2D eigenvalue weighted by molar-refractivity contribution is -0.142. The number of hydrogen-bond acceptors (Lipinski definition) is 0. The SMILES string of the molecule is FC(F)(F)c1c[c]c(-c2cc(Cl)c(Br)c(Cl)c2)c(C(F)(F)F)c1. The highest BCUT2D eigenvalue weighted by Gasteiger charge is 2.38. The fraction of sp³-hybridized carbons (Fsp3) is 0.143. The highest BCUT2D eigenvalue weighted by molar-refractivity contribution is 9.10. The van der Waals surface area contributed by atoms with Crippen molar-refractivity contribution in [2.45, 2.75) is 12.4 Å². The normalized spacial score (nSPS) is 12.6. The summed E-state index contributed by atoms with van der Waals surface area (Å²) in [4.78, 5) is 0. The molecule has 0 amide bonds. The predicted molar refractivity (Wildman–Crippen MR) is 78.4 cm³/mol. The van der Waals surface area contributed by atoms with Crippen LogP contribution in [0.2, 0.25) is 10.0 Å². The van der Waals surface area contributed by atoms with E-state index >= 15 is 0 Å². The molecule has 1 radical (unpaired) electrons. The minimum atomic E-state index is -5.00. The molecular weight excluding hydrogens is 433 g/mol. The fourth-order valence-corrected chi connectivity index (χ4v) is 2.54. The van der Waals surface area contributed by atoms with Gasteiger partial charge < -0.3 is 0 Å². The Bertz CT molecular complexity index is 729. The molecule has 0 nitrogen and oxygen atoms in total. The van der Waals surface area contributed by atoms with Crippen LogP contribution >= 0.6 is 39.1 Å². The Hall–Kier alpha value is -0.920. The molecule has 0 saturated heterocycles. The van der Waals surface area contributed by atoms with Crippen LogP contribution in [0, 0.1) is 6.07 Å². The van der Waals surface area contributed by atoms with E-state index in [1.165, 1.54) is 0 Å². The molecule has 0 aromatic heterocycles. The van der Waals surface area contributed by atoms with Crippen molar-refractivity contribution in [3.63, 3.8) is 0 Å². The van der Waals surface area contributed by atoms with Crippen LogP contribution in [0.4, 0.5) is 26.3 Å². The number of hydrogen-bond donors (Lipinski definition) is 0. The number of benzene rings is 2. The third-order valence-corrected chi connectivity index (χ3v) is 4.75. The standard InChI is InChI=1S/C14H4BrCl2F6/c15-12-10(16)3-6(4-11(12)17)8-2-1-7(13(18,19)20)5-9(8)14(21,22)23/h1,3-5H. The molecule has 0 atom stereocenters. The van der Waals surface area contributed by atoms with Crippen molar-refractivity contribution in [1.82, 2.24) is 0 Å². The zero-order chi connectivity index (χ0) is 17.6. The van der Waals surface area contributed by atoms with Crippen LogP contribution in [-0.4, -0.2) is 0 Å². The van der Waals surface area contributed by atoms with E-state index in [0.29, 0.717) is 6.07 Å². The molecule has 0 saturated carbocycles. The van der Waals surface area contributed by atoms with Gasteiger partial charge in [0.05, 0.1) is 25.6 Å². The van der Waals surface area contributed by atoms with Gasteiger partial charge in [0.15, 0.2) is 0 Å². The van der Waals surface area contributed by atoms with Crippen LogP contribution in [-0.2, 0) is 12.4 Å². The monoisotopic (exact) mass is 435 g/mol. The van der Waals surface area contributed by atoms with E-state index in [1.54, 1.807) is 0 Å². The molecule has 2 rings (SSSR count). The van der Waals surface area contributed by atoms with Crippen molar-refractivity contribution in [2.75, 3.05) is 0 Å². The lowest BCUT2D eigenvalue weighted by Gasteiger charge is -2.16. The summed E-state index contributed by atoms with van der Waals surface area (Å²) in [5.74, 6) is 0. The van der Waals surface area contributed by atoms with Gasteiger partial charge >= 0.3 is 12.4 Å². The average Bonchev–Trinajstić information content (AvgIpc) is 2.41. The second kappa shape index (κ2) is 6.18. The van der Waals surface area contributed by atoms with Crippen molar-refractivity contribution < 1.29 is 26.3 Å². The minimum Gasteiger partial charge on any atom is -0.166 e. The summed E-state index contributed by atoms with van der Waals surface area (Å²) in [6, 6.07) is 4.84. The summed E-state index contributed by atoms with van der Waals surface area (Å²) in [5.41, 5.74) is -3.57. The van der Waals surface area contributed by atoms with E-state index < -0.39 is 29.0 Å². The van der Waals surface area contributed by atoms with Crippen molar-refractivity contribution in [3.05, 3.63) is 56.0 Å². The van der Waals surface area contributed by atoms with E-state index in [9.17, 15) is 26.3 Å². The van der Waals surface area contributed by atoms with Gasteiger partial charge in [0, 0.05) is 5.56 Å². The summed E-state index contributed by atoms with van der Waals surface area (Å²) < 4.78 is 77.5. The van der Waals surface area contributed by atoms with Crippen LogP contribution in [0.1, 0.15) is 11.1 Å². The zero-order valence-electron chi connectivity index (χ0n) is 10.7. The molecule has 0 spiro atoms. The molecule has 0 aliphatic carbocycles. The Morgan fingerprint density at radius 3 is 1.83 bits per heavy atom. The maximum Gasteiger partial charge on any atom is 0.417 e. The molecule has 0 unspecified atom stereocenters. The molecule has 0 bridgehead atoms. The lowest BCUT2D eigenvalue weighted by atomic mass is 9.97. The van der Waals surface area contributed by atoms with E-state index in [4.69, 9.17) is 23.2 Å². The van der Waals surface area contributed by atoms with Crippen LogP contribution in [0.5, 0.6) is 0 Å². The topological polar surface area (TPSA) is 0 Å². The summed E-state index contributed by atoms with van der Waals surface area (Å²) in [7, 11) is 0. The minimum absolute atomic E-state index is 0.0222. The van der Waals surface area contributed by atoms with Crippen LogP contribution in [0.25, 0.3) is 11.1 Å². The second-order valence-electron chi connectivity index (χ2n) is 4.43. The fourth-order valence-electron chi connectivity index (χ4n) is 1.82. The molecule has 9 heteroatoms. The maximum absolute atomic E-state index is 13.1. The van der Waals surface area contributed by atoms with E-state index in [1.807, 2.05) is 6.07 Å². The van der Waals surface area contributed by atoms with Crippen molar-refractivity contribution >= 4 is 39.1 Å². The molecule has 0 aliphatic heterocycles. The highest BCUT2D eigenvalue weighted by atomic mass is 79.9. The van der Waals surface area contributed by atoms with Gasteiger partial charge in [-0.1, -0.05) is 23.2 Å². The summed E-state index contributed by atoms with van der Waals surface area (Å²) >= 11 is 14.7. The van der Waals surface area contributed by atoms with Crippen LogP contribution < -0.4 is 0 Å². The smallest absolute Gasteiger partial charge is 0.166 e.